The molecule has 4 nitrogen and oxygen atoms in total. The fourth-order valence-electron chi connectivity index (χ4n) is 2.75. The number of amides is 1. The van der Waals surface area contributed by atoms with Gasteiger partial charge in [-0.15, -0.1) is 0 Å². The summed E-state index contributed by atoms with van der Waals surface area (Å²) in [4.78, 5) is 11.9. The van der Waals surface area contributed by atoms with Crippen LogP contribution in [0.2, 0.25) is 0 Å². The van der Waals surface area contributed by atoms with E-state index in [0.29, 0.717) is 6.54 Å². The van der Waals surface area contributed by atoms with Crippen molar-refractivity contribution < 1.29 is 14.6 Å². The van der Waals surface area contributed by atoms with Gasteiger partial charge in [0.2, 0.25) is 0 Å². The van der Waals surface area contributed by atoms with E-state index in [-0.39, 0.29) is 12.0 Å². The monoisotopic (exact) mass is 321 g/mol. The van der Waals surface area contributed by atoms with Gasteiger partial charge in [-0.2, -0.15) is 0 Å². The van der Waals surface area contributed by atoms with E-state index in [2.05, 4.69) is 31.3 Å². The van der Waals surface area contributed by atoms with Crippen LogP contribution in [0.5, 0.6) is 0 Å². The third kappa shape index (κ3) is 6.61. The second-order valence-electron chi connectivity index (χ2n) is 7.37. The van der Waals surface area contributed by atoms with Crippen molar-refractivity contribution in [2.24, 2.45) is 5.41 Å². The number of aliphatic hydroxyl groups is 1. The zero-order valence-electron chi connectivity index (χ0n) is 15.1. The van der Waals surface area contributed by atoms with Crippen LogP contribution in [0, 0.1) is 12.3 Å². The highest BCUT2D eigenvalue weighted by Gasteiger charge is 2.30. The first-order chi connectivity index (χ1) is 10.7. The van der Waals surface area contributed by atoms with Gasteiger partial charge < -0.3 is 15.2 Å². The predicted octanol–water partition coefficient (Wildman–Crippen LogP) is 3.84. The molecule has 130 valence electrons. The zero-order chi connectivity index (χ0) is 17.5. The van der Waals surface area contributed by atoms with Crippen LogP contribution >= 0.6 is 0 Å². The van der Waals surface area contributed by atoms with Crippen LogP contribution in [0.3, 0.4) is 0 Å². The van der Waals surface area contributed by atoms with Crippen molar-refractivity contribution in [1.29, 1.82) is 0 Å². The molecule has 1 rings (SSSR count). The number of rotatable bonds is 7. The second kappa shape index (κ2) is 8.34. The molecule has 1 aromatic carbocycles. The number of aliphatic hydroxyl groups excluding tert-OH is 1. The summed E-state index contributed by atoms with van der Waals surface area (Å²) in [5.41, 5.74) is 1.53. The molecule has 1 unspecified atom stereocenters. The molecule has 4 heteroatoms. The molecule has 0 saturated heterocycles. The molecule has 1 amide bonds. The highest BCUT2D eigenvalue weighted by molar-refractivity contribution is 5.67. The topological polar surface area (TPSA) is 58.6 Å². The Morgan fingerprint density at radius 1 is 1.26 bits per heavy atom. The molecule has 0 aliphatic heterocycles. The van der Waals surface area contributed by atoms with E-state index in [9.17, 15) is 9.90 Å². The lowest BCUT2D eigenvalue weighted by Crippen LogP contribution is -2.43. The summed E-state index contributed by atoms with van der Waals surface area (Å²) < 4.78 is 5.30. The van der Waals surface area contributed by atoms with Gasteiger partial charge in [0, 0.05) is 12.0 Å². The zero-order valence-corrected chi connectivity index (χ0v) is 15.1. The Morgan fingerprint density at radius 3 is 2.43 bits per heavy atom. The Balaban J connectivity index is 2.82. The van der Waals surface area contributed by atoms with E-state index in [1.807, 2.05) is 32.9 Å². The first-order valence-corrected chi connectivity index (χ1v) is 8.33. The Labute approximate surface area is 140 Å². The second-order valence-corrected chi connectivity index (χ2v) is 7.37. The van der Waals surface area contributed by atoms with Gasteiger partial charge in [0.15, 0.2) is 0 Å². The van der Waals surface area contributed by atoms with Gasteiger partial charge in [-0.3, -0.25) is 0 Å². The third-order valence-corrected chi connectivity index (χ3v) is 3.95. The number of alkyl carbamates (subject to hydrolysis) is 1. The summed E-state index contributed by atoms with van der Waals surface area (Å²) in [5, 5.41) is 12.8. The van der Waals surface area contributed by atoms with E-state index >= 15 is 0 Å². The number of aryl methyl sites for hydroxylation is 1. The maximum atomic E-state index is 11.9. The first kappa shape index (κ1) is 19.5. The highest BCUT2D eigenvalue weighted by Crippen LogP contribution is 2.29. The lowest BCUT2D eigenvalue weighted by Gasteiger charge is -2.33. The number of carbonyl (C=O) groups is 1. The molecule has 1 aromatic rings. The summed E-state index contributed by atoms with van der Waals surface area (Å²) in [6, 6.07) is 8.18. The first-order valence-electron chi connectivity index (χ1n) is 8.33. The van der Waals surface area contributed by atoms with E-state index in [1.54, 1.807) is 0 Å². The lowest BCUT2D eigenvalue weighted by atomic mass is 9.77. The van der Waals surface area contributed by atoms with Crippen LogP contribution in [0.4, 0.5) is 4.79 Å². The molecule has 1 atom stereocenters. The van der Waals surface area contributed by atoms with Gasteiger partial charge in [-0.25, -0.2) is 4.79 Å². The van der Waals surface area contributed by atoms with Crippen molar-refractivity contribution in [3.05, 3.63) is 35.4 Å². The molecule has 0 aliphatic rings. The molecule has 0 aliphatic carbocycles. The predicted molar refractivity (Wildman–Crippen MR) is 93.5 cm³/mol. The molecule has 0 bridgehead atoms. The maximum absolute atomic E-state index is 11.9. The van der Waals surface area contributed by atoms with Crippen molar-refractivity contribution in [3.8, 4) is 0 Å². The van der Waals surface area contributed by atoms with Crippen LogP contribution in [-0.4, -0.2) is 30.0 Å². The molecule has 0 spiro atoms. The van der Waals surface area contributed by atoms with E-state index in [1.165, 1.54) is 11.1 Å². The standard InChI is InChI=1S/C19H31NO3/c1-6-11-19(14-21,12-16-10-8-7-9-15(16)2)13-20-17(22)23-18(3,4)5/h7-10,21H,6,11-14H2,1-5H3,(H,20,22). The summed E-state index contributed by atoms with van der Waals surface area (Å²) in [6.07, 6.45) is 2.09. The summed E-state index contributed by atoms with van der Waals surface area (Å²) in [6.45, 7) is 10.1. The van der Waals surface area contributed by atoms with Crippen molar-refractivity contribution >= 4 is 6.09 Å². The van der Waals surface area contributed by atoms with Gasteiger partial charge in [-0.05, 0) is 51.7 Å². The number of nitrogens with one attached hydrogen (secondary N) is 1. The van der Waals surface area contributed by atoms with Gasteiger partial charge in [0.05, 0.1) is 6.61 Å². The quantitative estimate of drug-likeness (QED) is 0.802. The van der Waals surface area contributed by atoms with Crippen molar-refractivity contribution in [2.75, 3.05) is 13.2 Å². The van der Waals surface area contributed by atoms with Gasteiger partial charge in [0.1, 0.15) is 5.60 Å². The average molecular weight is 321 g/mol. The molecule has 23 heavy (non-hydrogen) atoms. The van der Waals surface area contributed by atoms with Gasteiger partial charge in [0.25, 0.3) is 0 Å². The summed E-state index contributed by atoms with van der Waals surface area (Å²) in [5.74, 6) is 0. The van der Waals surface area contributed by atoms with Crippen molar-refractivity contribution in [3.63, 3.8) is 0 Å². The number of hydrogen-bond acceptors (Lipinski definition) is 3. The van der Waals surface area contributed by atoms with Crippen LogP contribution in [0.25, 0.3) is 0 Å². The fourth-order valence-corrected chi connectivity index (χ4v) is 2.75. The lowest BCUT2D eigenvalue weighted by molar-refractivity contribution is 0.0455. The van der Waals surface area contributed by atoms with E-state index in [0.717, 1.165) is 19.3 Å². The van der Waals surface area contributed by atoms with Crippen LogP contribution in [0.1, 0.15) is 51.7 Å². The highest BCUT2D eigenvalue weighted by atomic mass is 16.6. The smallest absolute Gasteiger partial charge is 0.407 e. The van der Waals surface area contributed by atoms with Crippen molar-refractivity contribution in [2.45, 2.75) is 59.5 Å². The fraction of sp³-hybridized carbons (Fsp3) is 0.632. The molecule has 0 aromatic heterocycles. The summed E-state index contributed by atoms with van der Waals surface area (Å²) in [7, 11) is 0. The SMILES string of the molecule is CCCC(CO)(CNC(=O)OC(C)(C)C)Cc1ccccc1C. The maximum Gasteiger partial charge on any atom is 0.407 e. The minimum atomic E-state index is -0.521. The third-order valence-electron chi connectivity index (χ3n) is 3.95. The minimum Gasteiger partial charge on any atom is -0.444 e. The van der Waals surface area contributed by atoms with E-state index in [4.69, 9.17) is 4.74 Å². The molecular weight excluding hydrogens is 290 g/mol. The number of ether oxygens (including phenoxy) is 1. The molecule has 2 N–H and O–H groups in total. The normalized spacial score (nSPS) is 14.2. The molecular formula is C19H31NO3. The Morgan fingerprint density at radius 2 is 1.91 bits per heavy atom. The van der Waals surface area contributed by atoms with E-state index < -0.39 is 11.7 Å². The molecule has 0 heterocycles. The van der Waals surface area contributed by atoms with Crippen LogP contribution in [0.15, 0.2) is 24.3 Å². The van der Waals surface area contributed by atoms with Crippen LogP contribution < -0.4 is 5.32 Å². The molecule has 0 saturated carbocycles. The average Bonchev–Trinajstić information content (AvgIpc) is 2.45. The van der Waals surface area contributed by atoms with Gasteiger partial charge in [-0.1, -0.05) is 37.6 Å². The largest absolute Gasteiger partial charge is 0.444 e. The summed E-state index contributed by atoms with van der Waals surface area (Å²) >= 11 is 0. The van der Waals surface area contributed by atoms with Gasteiger partial charge >= 0.3 is 6.09 Å². The number of carbonyl (C=O) groups excluding carboxylic acids is 1. The number of benzene rings is 1. The van der Waals surface area contributed by atoms with Crippen molar-refractivity contribution in [1.82, 2.24) is 5.32 Å². The van der Waals surface area contributed by atoms with Crippen LogP contribution in [-0.2, 0) is 11.2 Å². The molecule has 0 fully saturated rings. The Hall–Kier alpha value is -1.55. The minimum absolute atomic E-state index is 0.0327. The Kier molecular flexibility index (Phi) is 7.07. The number of hydrogen-bond donors (Lipinski definition) is 2. The Bertz CT molecular complexity index is 508. The molecule has 0 radical (unpaired) electrons.